The van der Waals surface area contributed by atoms with Gasteiger partial charge in [0.2, 0.25) is 0 Å². The predicted octanol–water partition coefficient (Wildman–Crippen LogP) is 1.81. The molecule has 0 amide bonds. The molecule has 0 atom stereocenters. The SMILES string of the molecule is CNCCOc1cc(Cl)ccc1C#N. The Bertz CT molecular complexity index is 346. The number of rotatable bonds is 4. The Morgan fingerprint density at radius 3 is 3.00 bits per heavy atom. The molecule has 0 saturated carbocycles. The predicted molar refractivity (Wildman–Crippen MR) is 55.6 cm³/mol. The molecule has 0 unspecified atom stereocenters. The number of nitrogens with one attached hydrogen (secondary N) is 1. The van der Waals surface area contributed by atoms with Crippen molar-refractivity contribution in [3.8, 4) is 11.8 Å². The average Bonchev–Trinajstić information content (AvgIpc) is 2.19. The minimum atomic E-state index is 0.505. The number of ether oxygens (including phenoxy) is 1. The summed E-state index contributed by atoms with van der Waals surface area (Å²) in [5, 5.41) is 12.3. The molecule has 3 nitrogen and oxygen atoms in total. The average molecular weight is 211 g/mol. The number of benzene rings is 1. The Morgan fingerprint density at radius 2 is 2.36 bits per heavy atom. The Labute approximate surface area is 88.3 Å². The molecule has 0 spiro atoms. The van der Waals surface area contributed by atoms with Crippen molar-refractivity contribution in [1.82, 2.24) is 5.32 Å². The van der Waals surface area contributed by atoms with E-state index in [0.717, 1.165) is 6.54 Å². The highest BCUT2D eigenvalue weighted by Gasteiger charge is 2.03. The fourth-order valence-corrected chi connectivity index (χ4v) is 1.13. The number of hydrogen-bond donors (Lipinski definition) is 1. The highest BCUT2D eigenvalue weighted by atomic mass is 35.5. The second-order valence-electron chi connectivity index (χ2n) is 2.70. The smallest absolute Gasteiger partial charge is 0.138 e. The van der Waals surface area contributed by atoms with Crippen molar-refractivity contribution >= 4 is 11.6 Å². The summed E-state index contributed by atoms with van der Waals surface area (Å²) < 4.78 is 5.38. The molecule has 1 N–H and O–H groups in total. The Hall–Kier alpha value is -1.24. The third-order valence-corrected chi connectivity index (χ3v) is 1.91. The van der Waals surface area contributed by atoms with Crippen LogP contribution in [0.3, 0.4) is 0 Å². The summed E-state index contributed by atoms with van der Waals surface area (Å²) in [6, 6.07) is 7.02. The fraction of sp³-hybridized carbons (Fsp3) is 0.300. The highest BCUT2D eigenvalue weighted by molar-refractivity contribution is 6.30. The van der Waals surface area contributed by atoms with Crippen LogP contribution in [0.5, 0.6) is 5.75 Å². The first-order valence-electron chi connectivity index (χ1n) is 4.25. The summed E-state index contributed by atoms with van der Waals surface area (Å²) in [6.45, 7) is 1.25. The van der Waals surface area contributed by atoms with Gasteiger partial charge in [-0.3, -0.25) is 0 Å². The Morgan fingerprint density at radius 1 is 1.57 bits per heavy atom. The summed E-state index contributed by atoms with van der Waals surface area (Å²) in [4.78, 5) is 0. The van der Waals surface area contributed by atoms with Gasteiger partial charge in [0.15, 0.2) is 0 Å². The molecule has 0 aliphatic carbocycles. The monoisotopic (exact) mass is 210 g/mol. The van der Waals surface area contributed by atoms with E-state index in [1.54, 1.807) is 18.2 Å². The van der Waals surface area contributed by atoms with Crippen LogP contribution in [0.15, 0.2) is 18.2 Å². The third-order valence-electron chi connectivity index (χ3n) is 1.67. The van der Waals surface area contributed by atoms with E-state index >= 15 is 0 Å². The van der Waals surface area contributed by atoms with Gasteiger partial charge < -0.3 is 10.1 Å². The first kappa shape index (κ1) is 10.8. The fourth-order valence-electron chi connectivity index (χ4n) is 0.971. The van der Waals surface area contributed by atoms with Gasteiger partial charge in [0.05, 0.1) is 5.56 Å². The van der Waals surface area contributed by atoms with Crippen molar-refractivity contribution < 1.29 is 4.74 Å². The van der Waals surface area contributed by atoms with Crippen molar-refractivity contribution in [1.29, 1.82) is 5.26 Å². The van der Waals surface area contributed by atoms with Crippen LogP contribution in [0.25, 0.3) is 0 Å². The number of hydrogen-bond acceptors (Lipinski definition) is 3. The molecule has 0 aromatic heterocycles. The van der Waals surface area contributed by atoms with Crippen LogP contribution in [0.1, 0.15) is 5.56 Å². The van der Waals surface area contributed by atoms with Gasteiger partial charge in [-0.15, -0.1) is 0 Å². The number of nitrogens with zero attached hydrogens (tertiary/aromatic N) is 1. The largest absolute Gasteiger partial charge is 0.491 e. The molecule has 4 heteroatoms. The van der Waals surface area contributed by atoms with Crippen molar-refractivity contribution in [2.75, 3.05) is 20.2 Å². The van der Waals surface area contributed by atoms with E-state index in [-0.39, 0.29) is 0 Å². The first-order valence-corrected chi connectivity index (χ1v) is 4.62. The number of nitriles is 1. The van der Waals surface area contributed by atoms with Gasteiger partial charge in [-0.1, -0.05) is 11.6 Å². The summed E-state index contributed by atoms with van der Waals surface area (Å²) in [6.07, 6.45) is 0. The van der Waals surface area contributed by atoms with Crippen LogP contribution in [-0.2, 0) is 0 Å². The van der Waals surface area contributed by atoms with Crippen molar-refractivity contribution in [2.45, 2.75) is 0 Å². The molecule has 1 rings (SSSR count). The highest BCUT2D eigenvalue weighted by Crippen LogP contribution is 2.22. The zero-order valence-electron chi connectivity index (χ0n) is 7.88. The molecule has 1 aromatic rings. The second-order valence-corrected chi connectivity index (χ2v) is 3.14. The van der Waals surface area contributed by atoms with Gasteiger partial charge in [-0.05, 0) is 19.2 Å². The molecule has 1 aromatic carbocycles. The van der Waals surface area contributed by atoms with Crippen LogP contribution in [0, 0.1) is 11.3 Å². The van der Waals surface area contributed by atoms with Crippen LogP contribution in [0.2, 0.25) is 5.02 Å². The van der Waals surface area contributed by atoms with Crippen LogP contribution in [0.4, 0.5) is 0 Å². The molecule has 0 bridgehead atoms. The van der Waals surface area contributed by atoms with Gasteiger partial charge in [0.1, 0.15) is 18.4 Å². The van der Waals surface area contributed by atoms with Crippen LogP contribution < -0.4 is 10.1 Å². The van der Waals surface area contributed by atoms with E-state index in [2.05, 4.69) is 5.32 Å². The Balaban J connectivity index is 2.73. The molecule has 0 fully saturated rings. The lowest BCUT2D eigenvalue weighted by molar-refractivity contribution is 0.317. The number of halogens is 1. The Kier molecular flexibility index (Phi) is 4.24. The summed E-state index contributed by atoms with van der Waals surface area (Å²) >= 11 is 5.78. The van der Waals surface area contributed by atoms with E-state index in [1.165, 1.54) is 0 Å². The standard InChI is InChI=1S/C10H11ClN2O/c1-13-4-5-14-10-6-9(11)3-2-8(10)7-12/h2-3,6,13H,4-5H2,1H3. The van der Waals surface area contributed by atoms with Crippen LogP contribution in [-0.4, -0.2) is 20.2 Å². The minimum Gasteiger partial charge on any atom is -0.491 e. The maximum atomic E-state index is 8.78. The maximum Gasteiger partial charge on any atom is 0.138 e. The van der Waals surface area contributed by atoms with Gasteiger partial charge in [-0.25, -0.2) is 0 Å². The normalized spacial score (nSPS) is 9.50. The molecule has 0 saturated heterocycles. The van der Waals surface area contributed by atoms with Crippen LogP contribution >= 0.6 is 11.6 Å². The van der Waals surface area contributed by atoms with Gasteiger partial charge >= 0.3 is 0 Å². The zero-order valence-corrected chi connectivity index (χ0v) is 8.64. The van der Waals surface area contributed by atoms with Crippen molar-refractivity contribution in [3.63, 3.8) is 0 Å². The van der Waals surface area contributed by atoms with E-state index < -0.39 is 0 Å². The van der Waals surface area contributed by atoms with Crippen molar-refractivity contribution in [3.05, 3.63) is 28.8 Å². The molecule has 0 aliphatic heterocycles. The molecule has 0 aliphatic rings. The molecular formula is C10H11ClN2O. The van der Waals surface area contributed by atoms with E-state index in [4.69, 9.17) is 21.6 Å². The molecule has 74 valence electrons. The summed E-state index contributed by atoms with van der Waals surface area (Å²) in [5.74, 6) is 0.537. The lowest BCUT2D eigenvalue weighted by Crippen LogP contribution is -2.16. The van der Waals surface area contributed by atoms with E-state index in [1.807, 2.05) is 13.1 Å². The van der Waals surface area contributed by atoms with E-state index in [0.29, 0.717) is 22.9 Å². The lowest BCUT2D eigenvalue weighted by Gasteiger charge is -2.07. The second kappa shape index (κ2) is 5.48. The minimum absolute atomic E-state index is 0.505. The molecular weight excluding hydrogens is 200 g/mol. The topological polar surface area (TPSA) is 45.0 Å². The molecule has 14 heavy (non-hydrogen) atoms. The quantitative estimate of drug-likeness (QED) is 0.771. The molecule has 0 heterocycles. The first-order chi connectivity index (χ1) is 6.77. The van der Waals surface area contributed by atoms with E-state index in [9.17, 15) is 0 Å². The summed E-state index contributed by atoms with van der Waals surface area (Å²) in [5.41, 5.74) is 0.505. The third kappa shape index (κ3) is 2.91. The maximum absolute atomic E-state index is 8.78. The zero-order chi connectivity index (χ0) is 10.4. The van der Waals surface area contributed by atoms with Gasteiger partial charge in [0.25, 0.3) is 0 Å². The van der Waals surface area contributed by atoms with Gasteiger partial charge in [-0.2, -0.15) is 5.26 Å². The summed E-state index contributed by atoms with van der Waals surface area (Å²) in [7, 11) is 1.84. The number of likely N-dealkylation sites (N-methyl/N-ethyl adjacent to an activating group) is 1. The molecule has 0 radical (unpaired) electrons. The van der Waals surface area contributed by atoms with Crippen molar-refractivity contribution in [2.24, 2.45) is 0 Å². The lowest BCUT2D eigenvalue weighted by atomic mass is 10.2. The van der Waals surface area contributed by atoms with Gasteiger partial charge in [0, 0.05) is 17.6 Å².